The number of hydrogen-bond acceptors (Lipinski definition) is 4. The molecule has 3 heterocycles. The maximum absolute atomic E-state index is 12.4. The molecule has 6 heteroatoms. The number of amides is 1. The van der Waals surface area contributed by atoms with Crippen molar-refractivity contribution in [3.63, 3.8) is 0 Å². The van der Waals surface area contributed by atoms with Gasteiger partial charge in [0.05, 0.1) is 6.54 Å². The summed E-state index contributed by atoms with van der Waals surface area (Å²) >= 11 is 3.35. The van der Waals surface area contributed by atoms with Gasteiger partial charge in [0.15, 0.2) is 0 Å². The number of rotatable bonds is 3. The number of hydrogen-bond donors (Lipinski definition) is 0. The van der Waals surface area contributed by atoms with Crippen LogP contribution in [0.15, 0.2) is 22.8 Å². The van der Waals surface area contributed by atoms with E-state index in [1.165, 1.54) is 0 Å². The molecule has 2 aliphatic heterocycles. The lowest BCUT2D eigenvalue weighted by atomic mass is 9.99. The van der Waals surface area contributed by atoms with Crippen molar-refractivity contribution in [1.82, 2.24) is 9.88 Å². The molecule has 1 atom stereocenters. The molecule has 2 saturated heterocycles. The summed E-state index contributed by atoms with van der Waals surface area (Å²) in [4.78, 5) is 18.6. The van der Waals surface area contributed by atoms with E-state index < -0.39 is 0 Å². The third-order valence-electron chi connectivity index (χ3n) is 4.01. The molecule has 0 N–H and O–H groups in total. The first-order chi connectivity index (χ1) is 10.2. The van der Waals surface area contributed by atoms with Crippen LogP contribution in [-0.4, -0.2) is 48.2 Å². The first kappa shape index (κ1) is 14.8. The molecule has 1 aromatic rings. The monoisotopic (exact) mass is 354 g/mol. The minimum atomic E-state index is 0.0440. The maximum atomic E-state index is 12.4. The fourth-order valence-corrected chi connectivity index (χ4v) is 3.06. The number of likely N-dealkylation sites (tertiary alicyclic amines) is 1. The van der Waals surface area contributed by atoms with Crippen LogP contribution in [0.1, 0.15) is 19.3 Å². The van der Waals surface area contributed by atoms with Gasteiger partial charge in [-0.3, -0.25) is 4.79 Å². The molecule has 1 aromatic heterocycles. The van der Waals surface area contributed by atoms with Crippen LogP contribution >= 0.6 is 15.9 Å². The van der Waals surface area contributed by atoms with Gasteiger partial charge in [0.25, 0.3) is 0 Å². The quantitative estimate of drug-likeness (QED) is 0.835. The summed E-state index contributed by atoms with van der Waals surface area (Å²) in [6, 6.07) is 3.75. The summed E-state index contributed by atoms with van der Waals surface area (Å²) in [6.07, 6.45) is 4.31. The molecule has 2 aliphatic rings. The second kappa shape index (κ2) is 6.75. The molecule has 0 radical (unpaired) electrons. The Morgan fingerprint density at radius 2 is 2.14 bits per heavy atom. The van der Waals surface area contributed by atoms with Crippen molar-refractivity contribution in [2.75, 3.05) is 26.3 Å². The second-order valence-corrected chi connectivity index (χ2v) is 6.43. The Kier molecular flexibility index (Phi) is 4.75. The largest absolute Gasteiger partial charge is 0.472 e. The van der Waals surface area contributed by atoms with Gasteiger partial charge in [-0.25, -0.2) is 4.98 Å². The number of ether oxygens (including phenoxy) is 2. The first-order valence-electron chi connectivity index (χ1n) is 7.37. The fraction of sp³-hybridized carbons (Fsp3) is 0.600. The van der Waals surface area contributed by atoms with E-state index in [1.54, 1.807) is 6.20 Å². The standard InChI is InChI=1S/C15H19BrN2O3/c16-12-1-2-14(17-9-12)21-13-3-6-18(10-13)15(19)11-4-7-20-8-5-11/h1-2,9,11,13H,3-8,10H2. The van der Waals surface area contributed by atoms with Crippen molar-refractivity contribution < 1.29 is 14.3 Å². The number of nitrogens with zero attached hydrogens (tertiary/aromatic N) is 2. The zero-order valence-electron chi connectivity index (χ0n) is 11.8. The van der Waals surface area contributed by atoms with Crippen LogP contribution < -0.4 is 4.74 Å². The third kappa shape index (κ3) is 3.74. The van der Waals surface area contributed by atoms with Crippen LogP contribution in [0.3, 0.4) is 0 Å². The van der Waals surface area contributed by atoms with Crippen molar-refractivity contribution in [3.8, 4) is 5.88 Å². The molecule has 114 valence electrons. The Morgan fingerprint density at radius 3 is 2.86 bits per heavy atom. The summed E-state index contributed by atoms with van der Waals surface area (Å²) in [6.45, 7) is 2.84. The van der Waals surface area contributed by atoms with E-state index in [4.69, 9.17) is 9.47 Å². The van der Waals surface area contributed by atoms with Crippen LogP contribution in [0.25, 0.3) is 0 Å². The highest BCUT2D eigenvalue weighted by atomic mass is 79.9. The Hall–Kier alpha value is -1.14. The highest BCUT2D eigenvalue weighted by Gasteiger charge is 2.32. The topological polar surface area (TPSA) is 51.7 Å². The molecule has 0 aromatic carbocycles. The van der Waals surface area contributed by atoms with E-state index in [1.807, 2.05) is 17.0 Å². The first-order valence-corrected chi connectivity index (χ1v) is 8.16. The van der Waals surface area contributed by atoms with Gasteiger partial charge >= 0.3 is 0 Å². The van der Waals surface area contributed by atoms with E-state index in [0.29, 0.717) is 25.6 Å². The number of carbonyl (C=O) groups is 1. The molecule has 5 nitrogen and oxygen atoms in total. The van der Waals surface area contributed by atoms with Gasteiger partial charge in [-0.2, -0.15) is 0 Å². The predicted molar refractivity (Wildman–Crippen MR) is 81.1 cm³/mol. The predicted octanol–water partition coefficient (Wildman–Crippen LogP) is 2.25. The lowest BCUT2D eigenvalue weighted by Crippen LogP contribution is -2.38. The van der Waals surface area contributed by atoms with Crippen molar-refractivity contribution in [1.29, 1.82) is 0 Å². The molecule has 0 aliphatic carbocycles. The number of aromatic nitrogens is 1. The average Bonchev–Trinajstić information content (AvgIpc) is 2.98. The minimum Gasteiger partial charge on any atom is -0.472 e. The van der Waals surface area contributed by atoms with E-state index >= 15 is 0 Å². The Balaban J connectivity index is 1.52. The van der Waals surface area contributed by atoms with Crippen molar-refractivity contribution >= 4 is 21.8 Å². The van der Waals surface area contributed by atoms with E-state index in [0.717, 1.165) is 30.3 Å². The Bertz CT molecular complexity index is 488. The van der Waals surface area contributed by atoms with Gasteiger partial charge in [-0.1, -0.05) is 0 Å². The maximum Gasteiger partial charge on any atom is 0.225 e. The van der Waals surface area contributed by atoms with E-state index in [2.05, 4.69) is 20.9 Å². The molecular formula is C15H19BrN2O3. The molecule has 1 unspecified atom stereocenters. The summed E-state index contributed by atoms with van der Waals surface area (Å²) in [5, 5.41) is 0. The van der Waals surface area contributed by atoms with Crippen LogP contribution in [0.2, 0.25) is 0 Å². The molecule has 21 heavy (non-hydrogen) atoms. The molecule has 0 bridgehead atoms. The van der Waals surface area contributed by atoms with Gasteiger partial charge in [0.2, 0.25) is 11.8 Å². The lowest BCUT2D eigenvalue weighted by Gasteiger charge is -2.26. The molecule has 2 fully saturated rings. The highest BCUT2D eigenvalue weighted by Crippen LogP contribution is 2.23. The summed E-state index contributed by atoms with van der Waals surface area (Å²) < 4.78 is 12.1. The molecular weight excluding hydrogens is 336 g/mol. The zero-order valence-corrected chi connectivity index (χ0v) is 13.4. The van der Waals surface area contributed by atoms with Crippen LogP contribution in [0, 0.1) is 5.92 Å². The average molecular weight is 355 g/mol. The number of carbonyl (C=O) groups excluding carboxylic acids is 1. The summed E-state index contributed by atoms with van der Waals surface area (Å²) in [5.41, 5.74) is 0. The third-order valence-corrected chi connectivity index (χ3v) is 4.48. The Morgan fingerprint density at radius 1 is 1.33 bits per heavy atom. The van der Waals surface area contributed by atoms with Crippen molar-refractivity contribution in [2.45, 2.75) is 25.4 Å². The number of pyridine rings is 1. The minimum absolute atomic E-state index is 0.0440. The summed E-state index contributed by atoms with van der Waals surface area (Å²) in [7, 11) is 0. The molecule has 0 spiro atoms. The van der Waals surface area contributed by atoms with Gasteiger partial charge in [-0.05, 0) is 34.8 Å². The Labute approximate surface area is 132 Å². The smallest absolute Gasteiger partial charge is 0.225 e. The van der Waals surface area contributed by atoms with Crippen LogP contribution in [-0.2, 0) is 9.53 Å². The molecule has 1 amide bonds. The number of halogens is 1. The van der Waals surface area contributed by atoms with E-state index in [9.17, 15) is 4.79 Å². The van der Waals surface area contributed by atoms with Gasteiger partial charge in [0.1, 0.15) is 6.10 Å². The molecule has 3 rings (SSSR count). The highest BCUT2D eigenvalue weighted by molar-refractivity contribution is 9.10. The van der Waals surface area contributed by atoms with Gasteiger partial charge in [-0.15, -0.1) is 0 Å². The normalized spacial score (nSPS) is 23.3. The summed E-state index contributed by atoms with van der Waals surface area (Å²) in [5.74, 6) is 1.00. The fourth-order valence-electron chi connectivity index (χ4n) is 2.83. The van der Waals surface area contributed by atoms with Crippen molar-refractivity contribution in [3.05, 3.63) is 22.8 Å². The molecule has 0 saturated carbocycles. The SMILES string of the molecule is O=C(C1CCOCC1)N1CCC(Oc2ccc(Br)cn2)C1. The van der Waals surface area contributed by atoms with Crippen molar-refractivity contribution in [2.24, 2.45) is 5.92 Å². The van der Waals surface area contributed by atoms with Gasteiger partial charge in [0, 0.05) is 48.8 Å². The lowest BCUT2D eigenvalue weighted by molar-refractivity contribution is -0.137. The van der Waals surface area contributed by atoms with Crippen LogP contribution in [0.5, 0.6) is 5.88 Å². The van der Waals surface area contributed by atoms with Gasteiger partial charge < -0.3 is 14.4 Å². The second-order valence-electron chi connectivity index (χ2n) is 5.51. The van der Waals surface area contributed by atoms with Crippen LogP contribution in [0.4, 0.5) is 0 Å². The zero-order chi connectivity index (χ0) is 14.7. The van der Waals surface area contributed by atoms with E-state index in [-0.39, 0.29) is 17.9 Å².